The number of nitrogens with one attached hydrogen (secondary N) is 2. The molecule has 4 rings (SSSR count). The van der Waals surface area contributed by atoms with Crippen LogP contribution in [-0.4, -0.2) is 81.5 Å². The van der Waals surface area contributed by atoms with Crippen molar-refractivity contribution in [1.29, 1.82) is 0 Å². The molecular weight excluding hydrogens is 536 g/mol. The van der Waals surface area contributed by atoms with Gasteiger partial charge in [-0.15, -0.1) is 30.8 Å². The van der Waals surface area contributed by atoms with Gasteiger partial charge in [-0.05, 0) is 122 Å². The predicted molar refractivity (Wildman–Crippen MR) is 160 cm³/mol. The van der Waals surface area contributed by atoms with Crippen LogP contribution in [-0.2, 0) is 15.6 Å². The average molecular weight is 590 g/mol. The Morgan fingerprint density at radius 2 is 0.952 bits per heavy atom. The van der Waals surface area contributed by atoms with E-state index in [4.69, 9.17) is 4.98 Å². The van der Waals surface area contributed by atoms with Crippen molar-refractivity contribution in [2.24, 2.45) is 0 Å². The Morgan fingerprint density at radius 1 is 0.619 bits per heavy atom. The van der Waals surface area contributed by atoms with Gasteiger partial charge in [-0.1, -0.05) is 0 Å². The Bertz CT molecular complexity index is 1110. The maximum atomic E-state index is 13.3. The Kier molecular flexibility index (Phi) is 8.17. The van der Waals surface area contributed by atoms with Gasteiger partial charge >= 0.3 is 5.69 Å². The van der Waals surface area contributed by atoms with Gasteiger partial charge in [0.15, 0.2) is 0 Å². The fourth-order valence-corrected chi connectivity index (χ4v) is 8.55. The first kappa shape index (κ1) is 33.1. The number of aromatic amines is 1. The van der Waals surface area contributed by atoms with Gasteiger partial charge in [-0.2, -0.15) is 9.97 Å². The quantitative estimate of drug-likeness (QED) is 0.512. The van der Waals surface area contributed by atoms with Crippen molar-refractivity contribution in [3.63, 3.8) is 0 Å². The topological polar surface area (TPSA) is 143 Å². The van der Waals surface area contributed by atoms with E-state index in [1.807, 2.05) is 83.1 Å². The molecule has 1 aromatic rings. The van der Waals surface area contributed by atoms with Crippen LogP contribution in [0.25, 0.3) is 0 Å². The number of H-pyrrole nitrogens is 1. The minimum absolute atomic E-state index is 0.0878. The number of nitrogens with zero attached hydrogens (tertiary/aromatic N) is 6. The van der Waals surface area contributed by atoms with Crippen molar-refractivity contribution < 1.29 is 15.6 Å². The summed E-state index contributed by atoms with van der Waals surface area (Å²) >= 11 is 0. The summed E-state index contributed by atoms with van der Waals surface area (Å²) < 4.78 is 0. The van der Waals surface area contributed by atoms with Crippen molar-refractivity contribution in [2.45, 2.75) is 173 Å². The molecule has 3 aliphatic rings. The molecule has 12 heteroatoms. The van der Waals surface area contributed by atoms with Gasteiger partial charge in [0.1, 0.15) is 0 Å². The third kappa shape index (κ3) is 6.21. The second kappa shape index (κ2) is 10.4. The Balaban J connectivity index is 1.77. The van der Waals surface area contributed by atoms with Crippen LogP contribution in [0.2, 0.25) is 0 Å². The first-order chi connectivity index (χ1) is 18.9. The molecule has 0 spiro atoms. The van der Waals surface area contributed by atoms with Crippen LogP contribution in [0, 0.1) is 0 Å². The van der Waals surface area contributed by atoms with Crippen LogP contribution in [0.15, 0.2) is 4.79 Å². The summed E-state index contributed by atoms with van der Waals surface area (Å²) in [6.45, 7) is 23.4. The standard InChI is InChI=1S/C30H53N8O4/c1-25(2)13-19(14-26(3,4)36(25)40)31-22-32-23(34-24(39)33-22)35(20-15-27(5,6)37(41)28(7,8)16-20)21-17-29(9,10)38(42)30(11,12)18-21/h19-21H,13-18H2,1-12H3,(H2,31,32,33,34,39). The lowest BCUT2D eigenvalue weighted by molar-refractivity contribution is -0.294. The van der Waals surface area contributed by atoms with Gasteiger partial charge < -0.3 is 10.2 Å². The van der Waals surface area contributed by atoms with E-state index in [2.05, 4.69) is 20.2 Å². The lowest BCUT2D eigenvalue weighted by Gasteiger charge is -2.57. The van der Waals surface area contributed by atoms with E-state index >= 15 is 0 Å². The summed E-state index contributed by atoms with van der Waals surface area (Å²) in [5.41, 5.74) is -4.31. The Labute approximate surface area is 251 Å². The number of hydroxylamine groups is 6. The molecule has 3 aliphatic heterocycles. The SMILES string of the molecule is CC1(C)CC(Nc2nc(N(C3CC(C)(C)N([O])C(C)(C)C3)C3CC(C)(C)N([O])C(C)(C)C3)nc(=O)[nH]2)CC(C)(C)N1[O]. The third-order valence-electron chi connectivity index (χ3n) is 9.73. The van der Waals surface area contributed by atoms with Gasteiger partial charge in [0.05, 0.1) is 0 Å². The van der Waals surface area contributed by atoms with Crippen molar-refractivity contribution in [2.75, 3.05) is 10.2 Å². The van der Waals surface area contributed by atoms with Crippen LogP contribution < -0.4 is 15.9 Å². The van der Waals surface area contributed by atoms with Crippen molar-refractivity contribution in [3.8, 4) is 0 Å². The summed E-state index contributed by atoms with van der Waals surface area (Å²) in [5.74, 6) is 0.610. The number of rotatable bonds is 5. The molecule has 12 nitrogen and oxygen atoms in total. The maximum Gasteiger partial charge on any atom is 0.350 e. The van der Waals surface area contributed by atoms with Gasteiger partial charge in [0.25, 0.3) is 0 Å². The van der Waals surface area contributed by atoms with Crippen LogP contribution >= 0.6 is 0 Å². The lowest BCUT2D eigenvalue weighted by Crippen LogP contribution is -2.67. The number of aromatic nitrogens is 3. The van der Waals surface area contributed by atoms with Gasteiger partial charge in [-0.25, -0.2) is 4.79 Å². The molecule has 0 aromatic carbocycles. The largest absolute Gasteiger partial charge is 0.353 e. The molecule has 1 aromatic heterocycles. The number of hydrogen-bond acceptors (Lipinski definition) is 8. The molecule has 0 amide bonds. The van der Waals surface area contributed by atoms with E-state index in [1.165, 1.54) is 15.2 Å². The molecule has 0 bridgehead atoms. The lowest BCUT2D eigenvalue weighted by atomic mass is 9.75. The molecule has 0 aliphatic carbocycles. The molecule has 0 saturated carbocycles. The molecule has 42 heavy (non-hydrogen) atoms. The zero-order valence-electron chi connectivity index (χ0n) is 27.8. The summed E-state index contributed by atoms with van der Waals surface area (Å²) in [6, 6.07) is -0.354. The van der Waals surface area contributed by atoms with Crippen LogP contribution in [0.3, 0.4) is 0 Å². The van der Waals surface area contributed by atoms with Crippen LogP contribution in [0.1, 0.15) is 122 Å². The number of hydrogen-bond donors (Lipinski definition) is 2. The smallest absolute Gasteiger partial charge is 0.350 e. The molecule has 0 atom stereocenters. The predicted octanol–water partition coefficient (Wildman–Crippen LogP) is 4.48. The van der Waals surface area contributed by atoms with Crippen molar-refractivity contribution in [3.05, 3.63) is 10.5 Å². The van der Waals surface area contributed by atoms with Crippen molar-refractivity contribution in [1.82, 2.24) is 30.1 Å². The van der Waals surface area contributed by atoms with E-state index in [0.717, 1.165) is 0 Å². The summed E-state index contributed by atoms with van der Waals surface area (Å²) in [6.07, 6.45) is 3.39. The first-order valence-electron chi connectivity index (χ1n) is 15.3. The zero-order chi connectivity index (χ0) is 31.8. The normalized spacial score (nSPS) is 28.5. The molecule has 237 valence electrons. The van der Waals surface area contributed by atoms with E-state index in [0.29, 0.717) is 50.4 Å². The zero-order valence-corrected chi connectivity index (χ0v) is 27.8. The Hall–Kier alpha value is -1.83. The van der Waals surface area contributed by atoms with Gasteiger partial charge in [0.2, 0.25) is 11.9 Å². The average Bonchev–Trinajstić information content (AvgIpc) is 2.78. The Morgan fingerprint density at radius 3 is 1.31 bits per heavy atom. The highest BCUT2D eigenvalue weighted by atomic mass is 16.5. The summed E-state index contributed by atoms with van der Waals surface area (Å²) in [5, 5.41) is 46.5. The van der Waals surface area contributed by atoms with E-state index in [1.54, 1.807) is 0 Å². The maximum absolute atomic E-state index is 13.3. The van der Waals surface area contributed by atoms with Crippen LogP contribution in [0.5, 0.6) is 0 Å². The number of anilines is 2. The molecule has 0 unspecified atom stereocenters. The molecule has 3 radical (unpaired) electrons. The molecule has 3 fully saturated rings. The second-order valence-electron chi connectivity index (χ2n) is 16.8. The highest BCUT2D eigenvalue weighted by Crippen LogP contribution is 2.45. The number of piperidine rings is 3. The fraction of sp³-hybridized carbons (Fsp3) is 0.900. The first-order valence-corrected chi connectivity index (χ1v) is 15.3. The monoisotopic (exact) mass is 589 g/mol. The van der Waals surface area contributed by atoms with E-state index in [-0.39, 0.29) is 18.1 Å². The van der Waals surface area contributed by atoms with E-state index in [9.17, 15) is 20.4 Å². The fourth-order valence-electron chi connectivity index (χ4n) is 8.55. The highest BCUT2D eigenvalue weighted by Gasteiger charge is 2.53. The van der Waals surface area contributed by atoms with Crippen molar-refractivity contribution >= 4 is 11.9 Å². The molecule has 3 saturated heterocycles. The van der Waals surface area contributed by atoms with Crippen LogP contribution in [0.4, 0.5) is 11.9 Å². The van der Waals surface area contributed by atoms with Gasteiger partial charge in [0, 0.05) is 51.4 Å². The third-order valence-corrected chi connectivity index (χ3v) is 9.73. The molecular formula is C30H53N8O4. The van der Waals surface area contributed by atoms with Gasteiger partial charge in [-0.3, -0.25) is 4.98 Å². The minimum atomic E-state index is -0.652. The summed E-state index contributed by atoms with van der Waals surface area (Å²) in [7, 11) is 0. The second-order valence-corrected chi connectivity index (χ2v) is 16.8. The highest BCUT2D eigenvalue weighted by molar-refractivity contribution is 5.41. The summed E-state index contributed by atoms with van der Waals surface area (Å²) in [4.78, 5) is 27.3. The van der Waals surface area contributed by atoms with E-state index < -0.39 is 38.9 Å². The molecule has 4 heterocycles. The minimum Gasteiger partial charge on any atom is -0.353 e. The molecule has 2 N–H and O–H groups in total.